The van der Waals surface area contributed by atoms with Gasteiger partial charge in [-0.15, -0.1) is 10.2 Å². The van der Waals surface area contributed by atoms with Crippen LogP contribution in [0.1, 0.15) is 0 Å². The van der Waals surface area contributed by atoms with Crippen LogP contribution in [0.2, 0.25) is 5.02 Å². The standard InChI is InChI=1S/C17H15ClN4OS2/c1-22(14-8-3-2-4-9-14)15(23)11-24-17-21-20-16(25-17)19-13-7-5-6-12(18)10-13/h2-10H,11H2,1H3,(H,19,20). The molecule has 1 aromatic heterocycles. The van der Waals surface area contributed by atoms with Crippen LogP contribution in [0.3, 0.4) is 0 Å². The molecule has 0 saturated carbocycles. The molecule has 3 rings (SSSR count). The fraction of sp³-hybridized carbons (Fsp3) is 0.118. The molecule has 2 aromatic carbocycles. The summed E-state index contributed by atoms with van der Waals surface area (Å²) in [4.78, 5) is 13.9. The van der Waals surface area contributed by atoms with Crippen molar-refractivity contribution in [1.82, 2.24) is 10.2 Å². The zero-order chi connectivity index (χ0) is 17.6. The number of hydrogen-bond acceptors (Lipinski definition) is 6. The number of rotatable bonds is 6. The molecular formula is C17H15ClN4OS2. The van der Waals surface area contributed by atoms with Crippen LogP contribution in [0.4, 0.5) is 16.5 Å². The van der Waals surface area contributed by atoms with Crippen molar-refractivity contribution in [2.24, 2.45) is 0 Å². The van der Waals surface area contributed by atoms with Gasteiger partial charge in [-0.2, -0.15) is 0 Å². The van der Waals surface area contributed by atoms with Crippen LogP contribution in [-0.2, 0) is 4.79 Å². The zero-order valence-corrected chi connectivity index (χ0v) is 15.7. The number of thioether (sulfide) groups is 1. The quantitative estimate of drug-likeness (QED) is 0.619. The highest BCUT2D eigenvalue weighted by Crippen LogP contribution is 2.28. The first kappa shape index (κ1) is 17.7. The first-order valence-electron chi connectivity index (χ1n) is 7.42. The van der Waals surface area contributed by atoms with Gasteiger partial charge in [0.05, 0.1) is 5.75 Å². The van der Waals surface area contributed by atoms with E-state index in [1.54, 1.807) is 11.9 Å². The molecule has 0 fully saturated rings. The third-order valence-corrected chi connectivity index (χ3v) is 5.51. The number of para-hydroxylation sites is 1. The minimum atomic E-state index is 0.00995. The van der Waals surface area contributed by atoms with E-state index in [1.807, 2.05) is 54.6 Å². The minimum Gasteiger partial charge on any atom is -0.330 e. The molecule has 3 aromatic rings. The van der Waals surface area contributed by atoms with E-state index >= 15 is 0 Å². The Balaban J connectivity index is 1.55. The van der Waals surface area contributed by atoms with Crippen molar-refractivity contribution in [3.05, 3.63) is 59.6 Å². The molecule has 0 saturated heterocycles. The van der Waals surface area contributed by atoms with Gasteiger partial charge in [0.2, 0.25) is 11.0 Å². The largest absolute Gasteiger partial charge is 0.330 e. The summed E-state index contributed by atoms with van der Waals surface area (Å²) in [5.41, 5.74) is 1.72. The molecule has 0 bridgehead atoms. The van der Waals surface area contributed by atoms with Crippen LogP contribution >= 0.6 is 34.7 Å². The molecule has 8 heteroatoms. The first-order valence-corrected chi connectivity index (χ1v) is 9.60. The number of carbonyl (C=O) groups excluding carboxylic acids is 1. The van der Waals surface area contributed by atoms with E-state index < -0.39 is 0 Å². The molecule has 0 spiro atoms. The van der Waals surface area contributed by atoms with Crippen molar-refractivity contribution >= 4 is 57.1 Å². The molecule has 0 aliphatic rings. The number of halogens is 1. The van der Waals surface area contributed by atoms with Gasteiger partial charge in [-0.25, -0.2) is 0 Å². The maximum absolute atomic E-state index is 12.3. The van der Waals surface area contributed by atoms with Gasteiger partial charge in [0.1, 0.15) is 0 Å². The molecule has 0 aliphatic heterocycles. The maximum atomic E-state index is 12.3. The lowest BCUT2D eigenvalue weighted by molar-refractivity contribution is -0.115. The number of anilines is 3. The predicted molar refractivity (Wildman–Crippen MR) is 105 cm³/mol. The molecule has 1 amide bonds. The number of amides is 1. The van der Waals surface area contributed by atoms with Gasteiger partial charge in [-0.1, -0.05) is 59.0 Å². The Morgan fingerprint density at radius 3 is 2.76 bits per heavy atom. The summed E-state index contributed by atoms with van der Waals surface area (Å²) in [6.07, 6.45) is 0. The number of nitrogens with zero attached hydrogens (tertiary/aromatic N) is 3. The number of nitrogens with one attached hydrogen (secondary N) is 1. The van der Waals surface area contributed by atoms with Crippen molar-refractivity contribution in [2.75, 3.05) is 23.0 Å². The SMILES string of the molecule is CN(C(=O)CSc1nnc(Nc2cccc(Cl)c2)s1)c1ccccc1. The van der Waals surface area contributed by atoms with Gasteiger partial charge in [-0.3, -0.25) is 4.79 Å². The normalized spacial score (nSPS) is 10.5. The monoisotopic (exact) mass is 390 g/mol. The molecule has 0 unspecified atom stereocenters. The Labute approximate surface area is 159 Å². The van der Waals surface area contributed by atoms with E-state index in [1.165, 1.54) is 23.1 Å². The lowest BCUT2D eigenvalue weighted by Gasteiger charge is -2.16. The van der Waals surface area contributed by atoms with Crippen molar-refractivity contribution in [3.8, 4) is 0 Å². The summed E-state index contributed by atoms with van der Waals surface area (Å²) >= 11 is 8.73. The lowest BCUT2D eigenvalue weighted by atomic mass is 10.3. The Hall–Kier alpha value is -2.09. The van der Waals surface area contributed by atoms with Crippen molar-refractivity contribution < 1.29 is 4.79 Å². The average Bonchev–Trinajstić information content (AvgIpc) is 3.07. The van der Waals surface area contributed by atoms with Crippen molar-refractivity contribution in [2.45, 2.75) is 4.34 Å². The molecule has 25 heavy (non-hydrogen) atoms. The molecular weight excluding hydrogens is 376 g/mol. The Morgan fingerprint density at radius 2 is 2.00 bits per heavy atom. The molecule has 5 nitrogen and oxygen atoms in total. The molecule has 128 valence electrons. The van der Waals surface area contributed by atoms with Crippen LogP contribution in [-0.4, -0.2) is 28.9 Å². The summed E-state index contributed by atoms with van der Waals surface area (Å²) in [6, 6.07) is 16.9. The number of benzene rings is 2. The predicted octanol–water partition coefficient (Wildman–Crippen LogP) is 4.69. The van der Waals surface area contributed by atoms with E-state index in [4.69, 9.17) is 11.6 Å². The zero-order valence-electron chi connectivity index (χ0n) is 13.3. The van der Waals surface area contributed by atoms with E-state index in [0.717, 1.165) is 15.7 Å². The molecule has 0 aliphatic carbocycles. The van der Waals surface area contributed by atoms with Crippen molar-refractivity contribution in [3.63, 3.8) is 0 Å². The summed E-state index contributed by atoms with van der Waals surface area (Å²) in [5.74, 6) is 0.313. The summed E-state index contributed by atoms with van der Waals surface area (Å²) in [7, 11) is 1.77. The van der Waals surface area contributed by atoms with Crippen LogP contribution in [0.15, 0.2) is 58.9 Å². The number of aromatic nitrogens is 2. The third kappa shape index (κ3) is 4.94. The minimum absolute atomic E-state index is 0.00995. The summed E-state index contributed by atoms with van der Waals surface area (Å²) in [6.45, 7) is 0. The van der Waals surface area contributed by atoms with Crippen LogP contribution < -0.4 is 10.2 Å². The topological polar surface area (TPSA) is 58.1 Å². The fourth-order valence-electron chi connectivity index (χ4n) is 2.02. The Bertz CT molecular complexity index is 857. The fourth-order valence-corrected chi connectivity index (χ4v) is 3.90. The van der Waals surface area contributed by atoms with Crippen LogP contribution in [0.5, 0.6) is 0 Å². The van der Waals surface area contributed by atoms with Gasteiger partial charge in [0.25, 0.3) is 0 Å². The van der Waals surface area contributed by atoms with Crippen molar-refractivity contribution in [1.29, 1.82) is 0 Å². The van der Waals surface area contributed by atoms with E-state index in [0.29, 0.717) is 15.9 Å². The van der Waals surface area contributed by atoms with E-state index in [-0.39, 0.29) is 5.91 Å². The maximum Gasteiger partial charge on any atom is 0.237 e. The molecule has 1 N–H and O–H groups in total. The van der Waals surface area contributed by atoms with Crippen LogP contribution in [0.25, 0.3) is 0 Å². The lowest BCUT2D eigenvalue weighted by Crippen LogP contribution is -2.27. The second-order valence-electron chi connectivity index (χ2n) is 5.09. The Kier molecular flexibility index (Phi) is 5.91. The summed E-state index contributed by atoms with van der Waals surface area (Å²) in [5, 5.41) is 12.7. The van der Waals surface area contributed by atoms with Gasteiger partial charge in [0.15, 0.2) is 4.34 Å². The van der Waals surface area contributed by atoms with E-state index in [2.05, 4.69) is 15.5 Å². The van der Waals surface area contributed by atoms with Crippen LogP contribution in [0, 0.1) is 0 Å². The molecule has 1 heterocycles. The summed E-state index contributed by atoms with van der Waals surface area (Å²) < 4.78 is 0.735. The van der Waals surface area contributed by atoms with Gasteiger partial charge in [-0.05, 0) is 30.3 Å². The highest BCUT2D eigenvalue weighted by Gasteiger charge is 2.13. The van der Waals surface area contributed by atoms with Gasteiger partial charge in [0, 0.05) is 23.4 Å². The second-order valence-corrected chi connectivity index (χ2v) is 7.72. The third-order valence-electron chi connectivity index (χ3n) is 3.32. The number of hydrogen-bond donors (Lipinski definition) is 1. The van der Waals surface area contributed by atoms with Gasteiger partial charge < -0.3 is 10.2 Å². The average molecular weight is 391 g/mol. The smallest absolute Gasteiger partial charge is 0.237 e. The molecule has 0 radical (unpaired) electrons. The molecule has 0 atom stereocenters. The second kappa shape index (κ2) is 8.33. The Morgan fingerprint density at radius 1 is 1.20 bits per heavy atom. The van der Waals surface area contributed by atoms with Gasteiger partial charge >= 0.3 is 0 Å². The van der Waals surface area contributed by atoms with E-state index in [9.17, 15) is 4.79 Å². The first-order chi connectivity index (χ1) is 12.1. The highest BCUT2D eigenvalue weighted by atomic mass is 35.5. The highest BCUT2D eigenvalue weighted by molar-refractivity contribution is 8.01. The number of carbonyl (C=O) groups is 1.